The smallest absolute Gasteiger partial charge is 0.192 e. The van der Waals surface area contributed by atoms with Crippen molar-refractivity contribution in [2.24, 2.45) is 0 Å². The monoisotopic (exact) mass is 244 g/mol. The number of piperazine rings is 1. The Hall–Kier alpha value is -1.81. The molecule has 2 aromatic rings. The number of fused-ring (bicyclic) bond motifs is 1. The molecular formula is C14H16N2O2. The van der Waals surface area contributed by atoms with Gasteiger partial charge >= 0.3 is 0 Å². The van der Waals surface area contributed by atoms with Crippen molar-refractivity contribution < 1.29 is 4.42 Å². The lowest BCUT2D eigenvalue weighted by Crippen LogP contribution is -2.44. The van der Waals surface area contributed by atoms with E-state index >= 15 is 0 Å². The number of anilines is 1. The minimum Gasteiger partial charge on any atom is -0.462 e. The summed E-state index contributed by atoms with van der Waals surface area (Å²) >= 11 is 0. The van der Waals surface area contributed by atoms with Crippen molar-refractivity contribution in [3.05, 3.63) is 40.8 Å². The molecule has 4 nitrogen and oxygen atoms in total. The molecule has 3 rings (SSSR count). The lowest BCUT2D eigenvalue weighted by Gasteiger charge is -2.34. The van der Waals surface area contributed by atoms with Crippen LogP contribution in [-0.4, -0.2) is 38.1 Å². The van der Waals surface area contributed by atoms with E-state index in [-0.39, 0.29) is 5.43 Å². The molecule has 0 atom stereocenters. The molecule has 0 N–H and O–H groups in total. The van der Waals surface area contributed by atoms with Crippen LogP contribution in [0.4, 0.5) is 5.69 Å². The summed E-state index contributed by atoms with van der Waals surface area (Å²) in [5.74, 6) is 0. The van der Waals surface area contributed by atoms with Crippen LogP contribution in [0.2, 0.25) is 0 Å². The molecule has 0 unspecified atom stereocenters. The summed E-state index contributed by atoms with van der Waals surface area (Å²) in [6.07, 6.45) is 1.48. The summed E-state index contributed by atoms with van der Waals surface area (Å²) in [6.45, 7) is 4.00. The first kappa shape index (κ1) is 11.3. The van der Waals surface area contributed by atoms with Crippen LogP contribution in [0.25, 0.3) is 11.0 Å². The number of likely N-dealkylation sites (N-methyl/N-ethyl adjacent to an activating group) is 1. The van der Waals surface area contributed by atoms with Crippen LogP contribution in [0.15, 0.2) is 39.7 Å². The van der Waals surface area contributed by atoms with Gasteiger partial charge in [-0.2, -0.15) is 0 Å². The molecule has 0 amide bonds. The maximum Gasteiger partial charge on any atom is 0.192 e. The number of hydrogen-bond donors (Lipinski definition) is 0. The highest BCUT2D eigenvalue weighted by molar-refractivity contribution is 5.88. The van der Waals surface area contributed by atoms with E-state index in [0.29, 0.717) is 11.0 Å². The molecule has 18 heavy (non-hydrogen) atoms. The van der Waals surface area contributed by atoms with Gasteiger partial charge in [0.25, 0.3) is 0 Å². The Labute approximate surface area is 105 Å². The van der Waals surface area contributed by atoms with E-state index in [9.17, 15) is 4.79 Å². The Morgan fingerprint density at radius 2 is 1.89 bits per heavy atom. The molecule has 1 aliphatic heterocycles. The van der Waals surface area contributed by atoms with Crippen LogP contribution < -0.4 is 10.3 Å². The van der Waals surface area contributed by atoms with Gasteiger partial charge in [-0.1, -0.05) is 6.07 Å². The fourth-order valence-corrected chi connectivity index (χ4v) is 2.39. The van der Waals surface area contributed by atoms with Crippen LogP contribution in [-0.2, 0) is 0 Å². The number of nitrogens with zero attached hydrogens (tertiary/aromatic N) is 2. The third kappa shape index (κ3) is 1.88. The summed E-state index contributed by atoms with van der Waals surface area (Å²) in [7, 11) is 2.13. The number of para-hydroxylation sites is 1. The minimum absolute atomic E-state index is 0.0206. The Balaban J connectivity index is 2.07. The Kier molecular flexibility index (Phi) is 2.80. The van der Waals surface area contributed by atoms with Gasteiger partial charge in [0, 0.05) is 32.2 Å². The van der Waals surface area contributed by atoms with Gasteiger partial charge < -0.3 is 14.2 Å². The highest BCUT2D eigenvalue weighted by Crippen LogP contribution is 2.25. The number of benzene rings is 1. The molecule has 0 bridgehead atoms. The molecule has 1 fully saturated rings. The normalized spacial score (nSPS) is 17.3. The van der Waals surface area contributed by atoms with Gasteiger partial charge in [0.05, 0.1) is 17.3 Å². The van der Waals surface area contributed by atoms with Crippen molar-refractivity contribution in [1.82, 2.24) is 4.90 Å². The fourth-order valence-electron chi connectivity index (χ4n) is 2.39. The Morgan fingerprint density at radius 1 is 1.11 bits per heavy atom. The van der Waals surface area contributed by atoms with E-state index in [2.05, 4.69) is 16.8 Å². The minimum atomic E-state index is 0.0206. The molecule has 4 heteroatoms. The van der Waals surface area contributed by atoms with E-state index in [1.807, 2.05) is 18.2 Å². The van der Waals surface area contributed by atoms with Crippen LogP contribution in [0, 0.1) is 0 Å². The topological polar surface area (TPSA) is 36.7 Å². The van der Waals surface area contributed by atoms with Crippen molar-refractivity contribution in [2.45, 2.75) is 0 Å². The van der Waals surface area contributed by atoms with Gasteiger partial charge in [0.1, 0.15) is 0 Å². The number of hydrogen-bond acceptors (Lipinski definition) is 4. The van der Waals surface area contributed by atoms with Crippen LogP contribution >= 0.6 is 0 Å². The summed E-state index contributed by atoms with van der Waals surface area (Å²) < 4.78 is 5.55. The highest BCUT2D eigenvalue weighted by Gasteiger charge is 2.17. The molecule has 1 aliphatic rings. The second kappa shape index (κ2) is 4.46. The van der Waals surface area contributed by atoms with Crippen molar-refractivity contribution in [2.75, 3.05) is 38.1 Å². The standard InChI is InChI=1S/C14H16N2O2/c1-15-6-8-16(9-7-15)12-4-2-3-11-13(17)5-10-18-14(11)12/h2-5,10H,6-9H2,1H3. The molecule has 2 heterocycles. The number of rotatable bonds is 1. The van der Waals surface area contributed by atoms with Crippen molar-refractivity contribution in [1.29, 1.82) is 0 Å². The zero-order valence-corrected chi connectivity index (χ0v) is 10.4. The average molecular weight is 244 g/mol. The van der Waals surface area contributed by atoms with Gasteiger partial charge in [-0.25, -0.2) is 0 Å². The molecule has 0 aliphatic carbocycles. The fraction of sp³-hybridized carbons (Fsp3) is 0.357. The lowest BCUT2D eigenvalue weighted by atomic mass is 10.1. The zero-order chi connectivity index (χ0) is 12.5. The molecule has 0 radical (unpaired) electrons. The first-order chi connectivity index (χ1) is 8.75. The molecule has 1 saturated heterocycles. The molecule has 0 spiro atoms. The van der Waals surface area contributed by atoms with Crippen LogP contribution in [0.3, 0.4) is 0 Å². The van der Waals surface area contributed by atoms with Gasteiger partial charge in [-0.15, -0.1) is 0 Å². The third-order valence-electron chi connectivity index (χ3n) is 3.51. The first-order valence-electron chi connectivity index (χ1n) is 6.20. The predicted molar refractivity (Wildman–Crippen MR) is 72.2 cm³/mol. The second-order valence-corrected chi connectivity index (χ2v) is 4.73. The largest absolute Gasteiger partial charge is 0.462 e. The molecule has 0 saturated carbocycles. The van der Waals surface area contributed by atoms with Crippen molar-refractivity contribution >= 4 is 16.7 Å². The predicted octanol–water partition coefficient (Wildman–Crippen LogP) is 1.54. The average Bonchev–Trinajstić information content (AvgIpc) is 2.40. The second-order valence-electron chi connectivity index (χ2n) is 4.73. The lowest BCUT2D eigenvalue weighted by molar-refractivity contribution is 0.313. The molecule has 1 aromatic heterocycles. The van der Waals surface area contributed by atoms with Gasteiger partial charge in [0.2, 0.25) is 0 Å². The summed E-state index contributed by atoms with van der Waals surface area (Å²) in [6, 6.07) is 7.24. The molecular weight excluding hydrogens is 228 g/mol. The van der Waals surface area contributed by atoms with Crippen LogP contribution in [0.1, 0.15) is 0 Å². The SMILES string of the molecule is CN1CCN(c2cccc3c(=O)ccoc23)CC1. The Morgan fingerprint density at radius 3 is 2.67 bits per heavy atom. The maximum absolute atomic E-state index is 11.8. The highest BCUT2D eigenvalue weighted by atomic mass is 16.3. The summed E-state index contributed by atoms with van der Waals surface area (Å²) in [5, 5.41) is 0.661. The molecule has 94 valence electrons. The van der Waals surface area contributed by atoms with Gasteiger partial charge in [-0.05, 0) is 19.2 Å². The van der Waals surface area contributed by atoms with E-state index in [1.165, 1.54) is 12.3 Å². The van der Waals surface area contributed by atoms with E-state index < -0.39 is 0 Å². The van der Waals surface area contributed by atoms with E-state index in [1.54, 1.807) is 0 Å². The first-order valence-corrected chi connectivity index (χ1v) is 6.20. The zero-order valence-electron chi connectivity index (χ0n) is 10.4. The van der Waals surface area contributed by atoms with Gasteiger partial charge in [-0.3, -0.25) is 4.79 Å². The van der Waals surface area contributed by atoms with E-state index in [0.717, 1.165) is 31.9 Å². The maximum atomic E-state index is 11.8. The third-order valence-corrected chi connectivity index (χ3v) is 3.51. The quantitative estimate of drug-likeness (QED) is 0.762. The summed E-state index contributed by atoms with van der Waals surface area (Å²) in [4.78, 5) is 16.4. The molecule has 1 aromatic carbocycles. The Bertz CT molecular complexity index is 612. The van der Waals surface area contributed by atoms with E-state index in [4.69, 9.17) is 4.42 Å². The van der Waals surface area contributed by atoms with Crippen LogP contribution in [0.5, 0.6) is 0 Å². The van der Waals surface area contributed by atoms with Crippen molar-refractivity contribution in [3.8, 4) is 0 Å². The summed E-state index contributed by atoms with van der Waals surface area (Å²) in [5.41, 5.74) is 1.75. The van der Waals surface area contributed by atoms with Gasteiger partial charge in [0.15, 0.2) is 11.0 Å². The van der Waals surface area contributed by atoms with Crippen molar-refractivity contribution in [3.63, 3.8) is 0 Å².